The third kappa shape index (κ3) is 3.46. The van der Waals surface area contributed by atoms with Gasteiger partial charge in [-0.25, -0.2) is 9.67 Å². The highest BCUT2D eigenvalue weighted by Gasteiger charge is 2.19. The molecule has 1 aliphatic heterocycles. The van der Waals surface area contributed by atoms with Gasteiger partial charge in [0.1, 0.15) is 5.82 Å². The van der Waals surface area contributed by atoms with Gasteiger partial charge >= 0.3 is 0 Å². The molecule has 2 aromatic heterocycles. The fourth-order valence-corrected chi connectivity index (χ4v) is 3.49. The Balaban J connectivity index is 1.39. The average molecular weight is 349 g/mol. The zero-order chi connectivity index (χ0) is 17.9. The number of aromatic nitrogens is 3. The lowest BCUT2D eigenvalue weighted by Crippen LogP contribution is -2.48. The fraction of sp³-hybridized carbons (Fsp3) is 0.350. The number of fused-ring (bicyclic) bond motifs is 1. The minimum absolute atomic E-state index is 0.0332. The minimum Gasteiger partial charge on any atom is -0.354 e. The second-order valence-electron chi connectivity index (χ2n) is 6.72. The van der Waals surface area contributed by atoms with Crippen LogP contribution in [-0.2, 0) is 6.54 Å². The predicted octanol–water partition coefficient (Wildman–Crippen LogP) is 1.92. The van der Waals surface area contributed by atoms with Crippen molar-refractivity contribution in [2.45, 2.75) is 13.5 Å². The molecule has 1 saturated heterocycles. The maximum Gasteiger partial charge on any atom is 0.266 e. The van der Waals surface area contributed by atoms with Gasteiger partial charge in [0.05, 0.1) is 12.2 Å². The molecule has 4 rings (SSSR count). The molecule has 3 heterocycles. The molecule has 6 heteroatoms. The van der Waals surface area contributed by atoms with E-state index in [0.717, 1.165) is 44.2 Å². The Labute approximate surface area is 152 Å². The second kappa shape index (κ2) is 7.25. The number of nitrogens with zero attached hydrogens (tertiary/aromatic N) is 5. The van der Waals surface area contributed by atoms with Crippen LogP contribution in [-0.4, -0.2) is 52.4 Å². The molecule has 1 fully saturated rings. The van der Waals surface area contributed by atoms with Crippen LogP contribution in [0.5, 0.6) is 0 Å². The molecule has 0 unspecified atom stereocenters. The van der Waals surface area contributed by atoms with Gasteiger partial charge in [-0.15, -0.1) is 0 Å². The Morgan fingerprint density at radius 2 is 1.77 bits per heavy atom. The molecule has 0 radical (unpaired) electrons. The first-order valence-corrected chi connectivity index (χ1v) is 9.06. The summed E-state index contributed by atoms with van der Waals surface area (Å²) >= 11 is 0. The van der Waals surface area contributed by atoms with Crippen LogP contribution in [0.1, 0.15) is 5.69 Å². The smallest absolute Gasteiger partial charge is 0.266 e. The summed E-state index contributed by atoms with van der Waals surface area (Å²) < 4.78 is 1.56. The first-order valence-electron chi connectivity index (χ1n) is 9.06. The highest BCUT2D eigenvalue weighted by molar-refractivity contribution is 5.92. The van der Waals surface area contributed by atoms with Gasteiger partial charge in [-0.2, -0.15) is 5.10 Å². The van der Waals surface area contributed by atoms with Crippen LogP contribution in [0, 0.1) is 6.92 Å². The number of hydrogen-bond acceptors (Lipinski definition) is 5. The molecule has 0 N–H and O–H groups in total. The number of anilines is 1. The van der Waals surface area contributed by atoms with Crippen LogP contribution in [0.2, 0.25) is 0 Å². The normalized spacial score (nSPS) is 15.5. The molecule has 0 amide bonds. The Hall–Kier alpha value is -2.73. The number of piperazine rings is 1. The van der Waals surface area contributed by atoms with Gasteiger partial charge in [0.2, 0.25) is 0 Å². The van der Waals surface area contributed by atoms with E-state index < -0.39 is 0 Å². The van der Waals surface area contributed by atoms with Crippen LogP contribution in [0.25, 0.3) is 10.8 Å². The Bertz CT molecular complexity index is 954. The molecular formula is C20H23N5O. The molecule has 134 valence electrons. The highest BCUT2D eigenvalue weighted by Crippen LogP contribution is 2.24. The summed E-state index contributed by atoms with van der Waals surface area (Å²) in [5.74, 6) is 1.07. The fourth-order valence-electron chi connectivity index (χ4n) is 3.49. The first-order chi connectivity index (χ1) is 12.7. The summed E-state index contributed by atoms with van der Waals surface area (Å²) in [4.78, 5) is 21.2. The van der Waals surface area contributed by atoms with Crippen molar-refractivity contribution >= 4 is 16.6 Å². The van der Waals surface area contributed by atoms with Crippen molar-refractivity contribution in [2.24, 2.45) is 0 Å². The Kier molecular flexibility index (Phi) is 4.67. The first kappa shape index (κ1) is 16.7. The molecule has 0 aliphatic carbocycles. The van der Waals surface area contributed by atoms with Crippen LogP contribution in [0.3, 0.4) is 0 Å². The molecule has 1 aromatic carbocycles. The van der Waals surface area contributed by atoms with Crippen molar-refractivity contribution in [1.29, 1.82) is 0 Å². The largest absolute Gasteiger partial charge is 0.354 e. The standard InChI is InChI=1S/C20H23N5O/c1-16-6-7-19(26)25(22-16)15-12-23-10-13-24(14-11-23)20-18-5-3-2-4-17(18)8-9-21-20/h2-9H,10-15H2,1H3. The summed E-state index contributed by atoms with van der Waals surface area (Å²) in [5, 5.41) is 6.74. The van der Waals surface area contributed by atoms with Gasteiger partial charge in [0.15, 0.2) is 0 Å². The Morgan fingerprint density at radius 1 is 0.962 bits per heavy atom. The van der Waals surface area contributed by atoms with Crippen LogP contribution in [0.4, 0.5) is 5.82 Å². The van der Waals surface area contributed by atoms with Crippen molar-refractivity contribution in [3.63, 3.8) is 0 Å². The van der Waals surface area contributed by atoms with Gasteiger partial charge in [-0.3, -0.25) is 9.69 Å². The van der Waals surface area contributed by atoms with Crippen LogP contribution < -0.4 is 10.5 Å². The van der Waals surface area contributed by atoms with Gasteiger partial charge < -0.3 is 4.90 Å². The summed E-state index contributed by atoms with van der Waals surface area (Å²) in [6, 6.07) is 13.8. The van der Waals surface area contributed by atoms with Crippen molar-refractivity contribution in [3.05, 3.63) is 64.7 Å². The van der Waals surface area contributed by atoms with E-state index in [9.17, 15) is 4.79 Å². The minimum atomic E-state index is -0.0332. The molecule has 0 spiro atoms. The monoisotopic (exact) mass is 349 g/mol. The molecule has 0 bridgehead atoms. The Morgan fingerprint density at radius 3 is 2.62 bits per heavy atom. The quantitative estimate of drug-likeness (QED) is 0.720. The van der Waals surface area contributed by atoms with Crippen LogP contribution >= 0.6 is 0 Å². The van der Waals surface area contributed by atoms with E-state index in [1.54, 1.807) is 16.8 Å². The van der Waals surface area contributed by atoms with E-state index in [0.29, 0.717) is 6.54 Å². The van der Waals surface area contributed by atoms with Gasteiger partial charge in [-0.1, -0.05) is 24.3 Å². The van der Waals surface area contributed by atoms with Gasteiger partial charge in [0, 0.05) is 50.4 Å². The van der Waals surface area contributed by atoms with Crippen LogP contribution in [0.15, 0.2) is 53.5 Å². The van der Waals surface area contributed by atoms with E-state index in [1.807, 2.05) is 13.1 Å². The lowest BCUT2D eigenvalue weighted by Gasteiger charge is -2.35. The molecule has 6 nitrogen and oxygen atoms in total. The van der Waals surface area contributed by atoms with Crippen molar-refractivity contribution < 1.29 is 0 Å². The summed E-state index contributed by atoms with van der Waals surface area (Å²) in [5.41, 5.74) is 0.839. The average Bonchev–Trinajstić information content (AvgIpc) is 2.69. The summed E-state index contributed by atoms with van der Waals surface area (Å²) in [6.45, 7) is 7.19. The molecule has 1 aliphatic rings. The van der Waals surface area contributed by atoms with Gasteiger partial charge in [-0.05, 0) is 24.4 Å². The SMILES string of the molecule is Cc1ccc(=O)n(CCN2CCN(c3nccc4ccccc34)CC2)n1. The van der Waals surface area contributed by atoms with E-state index in [4.69, 9.17) is 0 Å². The van der Waals surface area contributed by atoms with E-state index in [1.165, 1.54) is 10.8 Å². The van der Waals surface area contributed by atoms with Crippen molar-refractivity contribution in [3.8, 4) is 0 Å². The summed E-state index contributed by atoms with van der Waals surface area (Å²) in [6.07, 6.45) is 1.89. The van der Waals surface area contributed by atoms with Gasteiger partial charge in [0.25, 0.3) is 5.56 Å². The third-order valence-corrected chi connectivity index (χ3v) is 4.95. The highest BCUT2D eigenvalue weighted by atomic mass is 16.1. The van der Waals surface area contributed by atoms with Crippen molar-refractivity contribution in [2.75, 3.05) is 37.6 Å². The van der Waals surface area contributed by atoms with E-state index in [2.05, 4.69) is 50.2 Å². The summed E-state index contributed by atoms with van der Waals surface area (Å²) in [7, 11) is 0. The zero-order valence-corrected chi connectivity index (χ0v) is 15.0. The molecule has 3 aromatic rings. The number of aryl methyl sites for hydroxylation is 1. The molecular weight excluding hydrogens is 326 g/mol. The topological polar surface area (TPSA) is 54.3 Å². The van der Waals surface area contributed by atoms with E-state index in [-0.39, 0.29) is 5.56 Å². The van der Waals surface area contributed by atoms with E-state index >= 15 is 0 Å². The lowest BCUT2D eigenvalue weighted by molar-refractivity contribution is 0.242. The van der Waals surface area contributed by atoms with Crippen molar-refractivity contribution in [1.82, 2.24) is 19.7 Å². The predicted molar refractivity (Wildman–Crippen MR) is 104 cm³/mol. The number of pyridine rings is 1. The maximum atomic E-state index is 11.9. The number of hydrogen-bond donors (Lipinski definition) is 0. The number of rotatable bonds is 4. The molecule has 0 atom stereocenters. The lowest BCUT2D eigenvalue weighted by atomic mass is 10.1. The maximum absolute atomic E-state index is 11.9. The third-order valence-electron chi connectivity index (χ3n) is 4.95. The number of benzene rings is 1. The second-order valence-corrected chi connectivity index (χ2v) is 6.72. The molecule has 26 heavy (non-hydrogen) atoms. The zero-order valence-electron chi connectivity index (χ0n) is 15.0. The molecule has 0 saturated carbocycles.